The maximum atomic E-state index is 11.6. The molecule has 0 radical (unpaired) electrons. The Morgan fingerprint density at radius 2 is 2.29 bits per heavy atom. The van der Waals surface area contributed by atoms with Crippen molar-refractivity contribution in [3.63, 3.8) is 0 Å². The molecule has 0 unspecified atom stereocenters. The molecule has 0 spiro atoms. The second kappa shape index (κ2) is 6.33. The quantitative estimate of drug-likeness (QED) is 0.433. The highest BCUT2D eigenvalue weighted by Gasteiger charge is 2.10. The Balaban J connectivity index is 1.90. The number of imidazole rings is 1. The molecule has 0 fully saturated rings. The number of aromatic nitrogens is 4. The number of aromatic amines is 1. The van der Waals surface area contributed by atoms with Gasteiger partial charge in [-0.3, -0.25) is 19.1 Å². The van der Waals surface area contributed by atoms with E-state index in [0.29, 0.717) is 5.65 Å². The second-order valence-electron chi connectivity index (χ2n) is 4.33. The fourth-order valence-corrected chi connectivity index (χ4v) is 1.56. The number of hydrogen-bond acceptors (Lipinski definition) is 8. The molecular weight excluding hydrogens is 280 g/mol. The average Bonchev–Trinajstić information content (AvgIpc) is 2.81. The molecule has 2 aromatic rings. The molecule has 2 heterocycles. The molecule has 10 heteroatoms. The summed E-state index contributed by atoms with van der Waals surface area (Å²) in [5.41, 5.74) is 10.9. The maximum Gasteiger partial charge on any atom is 0.322 e. The van der Waals surface area contributed by atoms with Gasteiger partial charge >= 0.3 is 5.97 Å². The van der Waals surface area contributed by atoms with E-state index in [-0.39, 0.29) is 31.4 Å². The first kappa shape index (κ1) is 14.9. The van der Waals surface area contributed by atoms with Gasteiger partial charge in [-0.2, -0.15) is 4.98 Å². The van der Waals surface area contributed by atoms with Crippen molar-refractivity contribution in [3.05, 3.63) is 16.7 Å². The van der Waals surface area contributed by atoms with E-state index < -0.39 is 17.6 Å². The number of H-pyrrole nitrogens is 1. The molecule has 5 N–H and O–H groups in total. The SMILES string of the molecule is C[C@H](N)C(=O)OCCOCn1cnc2c(=O)[nH]c(N)nc21. The normalized spacial score (nSPS) is 12.5. The number of rotatable bonds is 6. The highest BCUT2D eigenvalue weighted by molar-refractivity contribution is 5.74. The first-order valence-corrected chi connectivity index (χ1v) is 6.19. The summed E-state index contributed by atoms with van der Waals surface area (Å²) in [6, 6.07) is -0.665. The summed E-state index contributed by atoms with van der Waals surface area (Å²) in [6.07, 6.45) is 1.42. The number of carbonyl (C=O) groups excluding carboxylic acids is 1. The van der Waals surface area contributed by atoms with Gasteiger partial charge in [0, 0.05) is 0 Å². The van der Waals surface area contributed by atoms with Crippen molar-refractivity contribution in [2.45, 2.75) is 19.7 Å². The van der Waals surface area contributed by atoms with Gasteiger partial charge in [-0.05, 0) is 6.92 Å². The molecule has 21 heavy (non-hydrogen) atoms. The number of anilines is 1. The number of fused-ring (bicyclic) bond motifs is 1. The molecule has 0 aliphatic carbocycles. The van der Waals surface area contributed by atoms with Crippen molar-refractivity contribution in [1.82, 2.24) is 19.5 Å². The number of nitrogens with two attached hydrogens (primary N) is 2. The van der Waals surface area contributed by atoms with Crippen LogP contribution in [0.4, 0.5) is 5.95 Å². The standard InChI is InChI=1S/C11H16N6O4/c1-6(12)10(19)21-3-2-20-5-17-4-14-7-8(17)15-11(13)16-9(7)18/h4,6H,2-3,5,12H2,1H3,(H3,13,15,16,18)/t6-/m0/s1. The van der Waals surface area contributed by atoms with Gasteiger partial charge in [-0.15, -0.1) is 0 Å². The third-order valence-electron chi connectivity index (χ3n) is 2.57. The van der Waals surface area contributed by atoms with E-state index >= 15 is 0 Å². The van der Waals surface area contributed by atoms with Crippen LogP contribution < -0.4 is 17.0 Å². The third-order valence-corrected chi connectivity index (χ3v) is 2.57. The third kappa shape index (κ3) is 3.55. The highest BCUT2D eigenvalue weighted by Crippen LogP contribution is 2.06. The Morgan fingerprint density at radius 1 is 1.52 bits per heavy atom. The van der Waals surface area contributed by atoms with E-state index in [1.165, 1.54) is 17.8 Å². The van der Waals surface area contributed by atoms with Gasteiger partial charge in [0.2, 0.25) is 5.95 Å². The van der Waals surface area contributed by atoms with E-state index in [4.69, 9.17) is 20.9 Å². The number of carbonyl (C=O) groups is 1. The molecule has 2 aromatic heterocycles. The zero-order valence-electron chi connectivity index (χ0n) is 11.4. The maximum absolute atomic E-state index is 11.6. The van der Waals surface area contributed by atoms with Crippen LogP contribution in [0.25, 0.3) is 11.2 Å². The van der Waals surface area contributed by atoms with Crippen LogP contribution in [0, 0.1) is 0 Å². The van der Waals surface area contributed by atoms with Crippen LogP contribution >= 0.6 is 0 Å². The van der Waals surface area contributed by atoms with Crippen LogP contribution in [-0.2, 0) is 21.0 Å². The lowest BCUT2D eigenvalue weighted by Crippen LogP contribution is -2.29. The van der Waals surface area contributed by atoms with Gasteiger partial charge in [0.05, 0.1) is 12.9 Å². The first-order chi connectivity index (χ1) is 9.99. The lowest BCUT2D eigenvalue weighted by atomic mass is 10.4. The minimum absolute atomic E-state index is 0.000105. The van der Waals surface area contributed by atoms with Gasteiger partial charge in [-0.1, -0.05) is 0 Å². The summed E-state index contributed by atoms with van der Waals surface area (Å²) in [6.45, 7) is 1.90. The molecule has 0 aromatic carbocycles. The smallest absolute Gasteiger partial charge is 0.322 e. The lowest BCUT2D eigenvalue weighted by molar-refractivity contribution is -0.146. The highest BCUT2D eigenvalue weighted by atomic mass is 16.6. The van der Waals surface area contributed by atoms with Gasteiger partial charge in [0.25, 0.3) is 5.56 Å². The Hall–Kier alpha value is -2.46. The van der Waals surface area contributed by atoms with E-state index in [0.717, 1.165) is 0 Å². The van der Waals surface area contributed by atoms with E-state index in [1.807, 2.05) is 0 Å². The summed E-state index contributed by atoms with van der Waals surface area (Å²) in [7, 11) is 0. The Bertz CT molecular complexity index is 692. The largest absolute Gasteiger partial charge is 0.462 e. The van der Waals surface area contributed by atoms with Gasteiger partial charge in [0.15, 0.2) is 11.2 Å². The van der Waals surface area contributed by atoms with Crippen LogP contribution in [-0.4, -0.2) is 44.7 Å². The fourth-order valence-electron chi connectivity index (χ4n) is 1.56. The summed E-state index contributed by atoms with van der Waals surface area (Å²) < 4.78 is 11.7. The van der Waals surface area contributed by atoms with Gasteiger partial charge < -0.3 is 20.9 Å². The monoisotopic (exact) mass is 296 g/mol. The molecule has 2 rings (SSSR count). The number of nitrogens with zero attached hydrogens (tertiary/aromatic N) is 3. The van der Waals surface area contributed by atoms with Crippen molar-refractivity contribution in [1.29, 1.82) is 0 Å². The Kier molecular flexibility index (Phi) is 4.50. The summed E-state index contributed by atoms with van der Waals surface area (Å²) in [5.74, 6) is -0.493. The molecule has 0 aliphatic heterocycles. The number of hydrogen-bond donors (Lipinski definition) is 3. The van der Waals surface area contributed by atoms with E-state index in [1.54, 1.807) is 0 Å². The minimum Gasteiger partial charge on any atom is -0.462 e. The second-order valence-corrected chi connectivity index (χ2v) is 4.33. The molecule has 0 aliphatic rings. The fraction of sp³-hybridized carbons (Fsp3) is 0.455. The zero-order chi connectivity index (χ0) is 15.4. The molecule has 1 atom stereocenters. The van der Waals surface area contributed by atoms with Gasteiger partial charge in [-0.25, -0.2) is 4.98 Å². The molecule has 0 amide bonds. The number of nitrogens with one attached hydrogen (secondary N) is 1. The van der Waals surface area contributed by atoms with Crippen molar-refractivity contribution in [2.24, 2.45) is 5.73 Å². The van der Waals surface area contributed by atoms with Crippen molar-refractivity contribution >= 4 is 23.1 Å². The van der Waals surface area contributed by atoms with Crippen molar-refractivity contribution < 1.29 is 14.3 Å². The number of ether oxygens (including phenoxy) is 2. The van der Waals surface area contributed by atoms with Crippen LogP contribution in [0.5, 0.6) is 0 Å². The van der Waals surface area contributed by atoms with Gasteiger partial charge in [0.1, 0.15) is 19.4 Å². The minimum atomic E-state index is -0.665. The van der Waals surface area contributed by atoms with Crippen LogP contribution in [0.15, 0.2) is 11.1 Å². The topological polar surface area (TPSA) is 151 Å². The van der Waals surface area contributed by atoms with Crippen LogP contribution in [0.1, 0.15) is 6.92 Å². The molecule has 0 bridgehead atoms. The molecule has 114 valence electrons. The molecule has 0 saturated heterocycles. The van der Waals surface area contributed by atoms with E-state index in [9.17, 15) is 9.59 Å². The lowest BCUT2D eigenvalue weighted by Gasteiger charge is -2.08. The Morgan fingerprint density at radius 3 is 3.00 bits per heavy atom. The predicted molar refractivity (Wildman–Crippen MR) is 73.1 cm³/mol. The summed E-state index contributed by atoms with van der Waals surface area (Å²) >= 11 is 0. The van der Waals surface area contributed by atoms with Crippen molar-refractivity contribution in [2.75, 3.05) is 18.9 Å². The van der Waals surface area contributed by atoms with Crippen molar-refractivity contribution in [3.8, 4) is 0 Å². The first-order valence-electron chi connectivity index (χ1n) is 6.19. The van der Waals surface area contributed by atoms with Crippen LogP contribution in [0.3, 0.4) is 0 Å². The summed E-state index contributed by atoms with van der Waals surface area (Å²) in [4.78, 5) is 32.9. The number of nitrogen functional groups attached to an aromatic ring is 1. The zero-order valence-corrected chi connectivity index (χ0v) is 11.4. The number of esters is 1. The molecular formula is C11H16N6O4. The molecule has 10 nitrogen and oxygen atoms in total. The van der Waals surface area contributed by atoms with E-state index in [2.05, 4.69) is 15.0 Å². The molecule has 0 saturated carbocycles. The summed E-state index contributed by atoms with van der Waals surface area (Å²) in [5, 5.41) is 0. The average molecular weight is 296 g/mol. The Labute approximate surface area is 119 Å². The predicted octanol–water partition coefficient (Wildman–Crippen LogP) is -1.43. The van der Waals surface area contributed by atoms with Crippen LogP contribution in [0.2, 0.25) is 0 Å².